The average molecular weight is 713 g/mol. The van der Waals surface area contributed by atoms with Crippen molar-refractivity contribution < 1.29 is 24.0 Å². The Labute approximate surface area is 302 Å². The van der Waals surface area contributed by atoms with Crippen molar-refractivity contribution in [3.05, 3.63) is 53.6 Å². The Bertz CT molecular complexity index is 1340. The Morgan fingerprint density at radius 2 is 1.41 bits per heavy atom. The number of hydrogen-bond acceptors (Lipinski definition) is 9. The van der Waals surface area contributed by atoms with Gasteiger partial charge in [0.25, 0.3) is 0 Å². The summed E-state index contributed by atoms with van der Waals surface area (Å²) in [5.41, 5.74) is 2.45. The van der Waals surface area contributed by atoms with Crippen LogP contribution in [0.1, 0.15) is 64.3 Å². The second-order valence-electron chi connectivity index (χ2n) is 13.4. The van der Waals surface area contributed by atoms with E-state index in [4.69, 9.17) is 0 Å². The lowest BCUT2D eigenvalue weighted by Crippen LogP contribution is -2.58. The topological polar surface area (TPSA) is 201 Å². The maximum absolute atomic E-state index is 13.7. The highest BCUT2D eigenvalue weighted by atomic mass is 16.2. The summed E-state index contributed by atoms with van der Waals surface area (Å²) in [4.78, 5) is 73.9. The van der Waals surface area contributed by atoms with E-state index in [9.17, 15) is 24.0 Å². The number of benzene rings is 1. The van der Waals surface area contributed by atoms with Gasteiger partial charge in [-0.3, -0.25) is 28.9 Å². The molecule has 1 heterocycles. The van der Waals surface area contributed by atoms with E-state index >= 15 is 0 Å². The van der Waals surface area contributed by atoms with Gasteiger partial charge in [0, 0.05) is 64.5 Å². The van der Waals surface area contributed by atoms with Gasteiger partial charge >= 0.3 is 0 Å². The zero-order valence-electron chi connectivity index (χ0n) is 31.4. The van der Waals surface area contributed by atoms with Crippen LogP contribution >= 0.6 is 0 Å². The molecule has 1 unspecified atom stereocenters. The number of rotatable bonds is 24. The van der Waals surface area contributed by atoms with Crippen molar-refractivity contribution in [1.82, 2.24) is 52.1 Å². The number of amides is 5. The molecule has 0 spiro atoms. The zero-order chi connectivity index (χ0) is 37.8. The van der Waals surface area contributed by atoms with Gasteiger partial charge in [0.15, 0.2) is 0 Å². The van der Waals surface area contributed by atoms with Gasteiger partial charge < -0.3 is 42.2 Å². The number of likely N-dealkylation sites (N-methyl/N-ethyl adjacent to an activating group) is 2. The van der Waals surface area contributed by atoms with Gasteiger partial charge in [-0.05, 0) is 43.5 Å². The molecular weight excluding hydrogens is 652 g/mol. The van der Waals surface area contributed by atoms with Crippen molar-refractivity contribution in [2.24, 2.45) is 11.8 Å². The molecule has 0 radical (unpaired) electrons. The number of H-pyrrole nitrogens is 1. The van der Waals surface area contributed by atoms with Crippen LogP contribution in [-0.4, -0.2) is 109 Å². The molecule has 0 aliphatic rings. The third-order valence-electron chi connectivity index (χ3n) is 8.51. The first-order chi connectivity index (χ1) is 24.4. The van der Waals surface area contributed by atoms with Crippen molar-refractivity contribution in [3.8, 4) is 0 Å². The molecule has 0 saturated carbocycles. The predicted octanol–water partition coefficient (Wildman–Crippen LogP) is 0.192. The smallest absolute Gasteiger partial charge is 0.243 e. The highest BCUT2D eigenvalue weighted by Crippen LogP contribution is 2.12. The first kappa shape index (κ1) is 42.8. The van der Waals surface area contributed by atoms with Gasteiger partial charge in [-0.25, -0.2) is 4.98 Å². The molecule has 4 atom stereocenters. The van der Waals surface area contributed by atoms with E-state index in [1.807, 2.05) is 66.1 Å². The summed E-state index contributed by atoms with van der Waals surface area (Å²) < 4.78 is 0. The number of nitrogens with zero attached hydrogens (tertiary/aromatic N) is 2. The van der Waals surface area contributed by atoms with Gasteiger partial charge in [-0.2, -0.15) is 0 Å². The molecule has 2 rings (SSSR count). The Hall–Kier alpha value is -4.34. The summed E-state index contributed by atoms with van der Waals surface area (Å²) in [6.45, 7) is 13.1. The standard InChI is InChI=1S/C36H60N10O5/c1-8-25(4)33(45-35(50)31(43-26(5)47)18-29-21-39-23-42-29)36(51)44-30(17-24(2)3)34(49)41-20-28-11-9-27(10-12-28)19-40-32(48)22-46(15-13-37-6)16-14-38-7/h9-12,21,23-25,30-31,33,37-38H,8,13-20,22H2,1-7H3,(H,39,42)(H,40,48)(H,41,49)(H,43,47)(H,44,51)(H,45,50)/t25?,30-,31-,33-/m0/s1. The third-order valence-corrected chi connectivity index (χ3v) is 8.51. The Kier molecular flexibility index (Phi) is 19.5. The van der Waals surface area contributed by atoms with Crippen LogP contribution in [0.4, 0.5) is 0 Å². The lowest BCUT2D eigenvalue weighted by Gasteiger charge is -2.28. The fourth-order valence-corrected chi connectivity index (χ4v) is 5.35. The predicted molar refractivity (Wildman–Crippen MR) is 197 cm³/mol. The summed E-state index contributed by atoms with van der Waals surface area (Å²) in [7, 11) is 3.78. The van der Waals surface area contributed by atoms with E-state index in [0.29, 0.717) is 31.6 Å². The lowest BCUT2D eigenvalue weighted by atomic mass is 9.96. The van der Waals surface area contributed by atoms with Crippen LogP contribution in [0, 0.1) is 11.8 Å². The number of carbonyl (C=O) groups excluding carboxylic acids is 5. The van der Waals surface area contributed by atoms with E-state index in [1.165, 1.54) is 13.3 Å². The van der Waals surface area contributed by atoms with Crippen molar-refractivity contribution in [2.75, 3.05) is 46.8 Å². The fraction of sp³-hybridized carbons (Fsp3) is 0.611. The summed E-state index contributed by atoms with van der Waals surface area (Å²) in [6, 6.07) is 4.93. The molecule has 0 aliphatic carbocycles. The van der Waals surface area contributed by atoms with E-state index in [-0.39, 0.29) is 42.5 Å². The van der Waals surface area contributed by atoms with Crippen molar-refractivity contribution in [3.63, 3.8) is 0 Å². The summed E-state index contributed by atoms with van der Waals surface area (Å²) in [5, 5.41) is 20.5. The van der Waals surface area contributed by atoms with E-state index in [1.54, 1.807) is 6.20 Å². The second-order valence-corrected chi connectivity index (χ2v) is 13.4. The molecule has 15 heteroatoms. The summed E-state index contributed by atoms with van der Waals surface area (Å²) in [5.74, 6) is -1.89. The van der Waals surface area contributed by atoms with Gasteiger partial charge in [-0.15, -0.1) is 0 Å². The van der Waals surface area contributed by atoms with Crippen molar-refractivity contribution in [2.45, 2.75) is 85.1 Å². The molecule has 1 aromatic carbocycles. The van der Waals surface area contributed by atoms with Crippen LogP contribution in [-0.2, 0) is 43.5 Å². The zero-order valence-corrected chi connectivity index (χ0v) is 31.4. The maximum Gasteiger partial charge on any atom is 0.243 e. The SMILES string of the molecule is CCC(C)[C@H](NC(=O)[C@H](Cc1cnc[nH]1)NC(C)=O)C(=O)N[C@@H](CC(C)C)C(=O)NCc1ccc(CNC(=O)CN(CCNC)CCNC)cc1. The summed E-state index contributed by atoms with van der Waals surface area (Å²) >= 11 is 0. The largest absolute Gasteiger partial charge is 0.351 e. The number of hydrogen-bond donors (Lipinski definition) is 8. The van der Waals surface area contributed by atoms with Crippen LogP contribution in [0.5, 0.6) is 0 Å². The molecule has 284 valence electrons. The molecule has 8 N–H and O–H groups in total. The first-order valence-corrected chi connectivity index (χ1v) is 17.9. The quantitative estimate of drug-likeness (QED) is 0.0748. The average Bonchev–Trinajstić information content (AvgIpc) is 3.62. The highest BCUT2D eigenvalue weighted by Gasteiger charge is 2.32. The number of imidazole rings is 1. The van der Waals surface area contributed by atoms with Gasteiger partial charge in [0.1, 0.15) is 18.1 Å². The number of aromatic amines is 1. The lowest BCUT2D eigenvalue weighted by molar-refractivity contribution is -0.134. The Morgan fingerprint density at radius 1 is 0.804 bits per heavy atom. The molecular formula is C36H60N10O5. The molecule has 5 amide bonds. The number of carbonyl (C=O) groups is 5. The molecule has 0 bridgehead atoms. The number of aromatic nitrogens is 2. The minimum absolute atomic E-state index is 0.0476. The molecule has 1 aromatic heterocycles. The van der Waals surface area contributed by atoms with Gasteiger partial charge in [-0.1, -0.05) is 58.4 Å². The molecule has 15 nitrogen and oxygen atoms in total. The third kappa shape index (κ3) is 16.5. The molecule has 0 fully saturated rings. The van der Waals surface area contributed by atoms with Crippen LogP contribution in [0.3, 0.4) is 0 Å². The first-order valence-electron chi connectivity index (χ1n) is 17.9. The monoisotopic (exact) mass is 712 g/mol. The van der Waals surface area contributed by atoms with Crippen LogP contribution < -0.4 is 37.2 Å². The van der Waals surface area contributed by atoms with Gasteiger partial charge in [0.05, 0.1) is 12.9 Å². The van der Waals surface area contributed by atoms with Crippen molar-refractivity contribution >= 4 is 29.5 Å². The Morgan fingerprint density at radius 3 is 1.92 bits per heavy atom. The number of nitrogens with one attached hydrogen (secondary N) is 8. The van der Waals surface area contributed by atoms with Crippen LogP contribution in [0.15, 0.2) is 36.8 Å². The summed E-state index contributed by atoms with van der Waals surface area (Å²) in [6.07, 6.45) is 4.21. The van der Waals surface area contributed by atoms with E-state index in [0.717, 1.165) is 37.3 Å². The van der Waals surface area contributed by atoms with Gasteiger partial charge in [0.2, 0.25) is 29.5 Å². The molecule has 2 aromatic rings. The minimum atomic E-state index is -0.930. The minimum Gasteiger partial charge on any atom is -0.351 e. The van der Waals surface area contributed by atoms with Crippen molar-refractivity contribution in [1.29, 1.82) is 0 Å². The second kappa shape index (κ2) is 23.2. The van der Waals surface area contributed by atoms with E-state index in [2.05, 4.69) is 52.1 Å². The normalized spacial score (nSPS) is 13.6. The highest BCUT2D eigenvalue weighted by molar-refractivity contribution is 5.94. The maximum atomic E-state index is 13.7. The van der Waals surface area contributed by atoms with E-state index < -0.39 is 29.9 Å². The Balaban J connectivity index is 2.00. The fourth-order valence-electron chi connectivity index (χ4n) is 5.35. The molecule has 51 heavy (non-hydrogen) atoms. The van der Waals surface area contributed by atoms with Crippen LogP contribution in [0.2, 0.25) is 0 Å². The van der Waals surface area contributed by atoms with Crippen LogP contribution in [0.25, 0.3) is 0 Å². The molecule has 0 aliphatic heterocycles. The molecule has 0 saturated heterocycles.